The maximum Gasteiger partial charge on any atom is 0.254 e. The van der Waals surface area contributed by atoms with E-state index < -0.39 is 23.5 Å². The average Bonchev–Trinajstić information content (AvgIpc) is 2.30. The van der Waals surface area contributed by atoms with Gasteiger partial charge in [-0.15, -0.1) is 13.2 Å². The quantitative estimate of drug-likeness (QED) is 0.412. The number of rotatable bonds is 5. The molecule has 18 heavy (non-hydrogen) atoms. The first-order valence-corrected chi connectivity index (χ1v) is 5.54. The lowest BCUT2D eigenvalue weighted by Crippen LogP contribution is -2.43. The van der Waals surface area contributed by atoms with Gasteiger partial charge < -0.3 is 11.5 Å². The number of Topliss-reactive ketones (excluding diaryl/α,β-unsaturated/α-hetero) is 2. The normalized spacial score (nSPS) is 24.0. The fourth-order valence-electron chi connectivity index (χ4n) is 2.08. The summed E-state index contributed by atoms with van der Waals surface area (Å²) in [6, 6.07) is 0. The highest BCUT2D eigenvalue weighted by atomic mass is 16.2. The lowest BCUT2D eigenvalue weighted by molar-refractivity contribution is -0.134. The second kappa shape index (κ2) is 5.44. The Balaban J connectivity index is 3.32. The number of hydrogen-bond acceptors (Lipinski definition) is 4. The average molecular weight is 248 g/mol. The van der Waals surface area contributed by atoms with E-state index >= 15 is 0 Å². The van der Waals surface area contributed by atoms with Gasteiger partial charge in [0.1, 0.15) is 5.57 Å². The molecule has 0 saturated carbocycles. The van der Waals surface area contributed by atoms with Gasteiger partial charge in [-0.1, -0.05) is 12.2 Å². The highest BCUT2D eigenvalue weighted by molar-refractivity contribution is 6.27. The Bertz CT molecular complexity index is 463. The summed E-state index contributed by atoms with van der Waals surface area (Å²) in [5.74, 6) is -3.42. The summed E-state index contributed by atoms with van der Waals surface area (Å²) < 4.78 is 0. The van der Waals surface area contributed by atoms with E-state index in [-0.39, 0.29) is 29.9 Å². The maximum absolute atomic E-state index is 12.1. The Morgan fingerprint density at radius 2 is 1.67 bits per heavy atom. The minimum absolute atomic E-state index is 0.0438. The molecular formula is C13H16N2O3. The first kappa shape index (κ1) is 13.9. The molecule has 0 bridgehead atoms. The van der Waals surface area contributed by atoms with E-state index in [4.69, 9.17) is 11.5 Å². The molecule has 4 N–H and O–H groups in total. The minimum Gasteiger partial charge on any atom is -0.401 e. The molecule has 0 aliphatic heterocycles. The third-order valence-corrected chi connectivity index (χ3v) is 2.97. The van der Waals surface area contributed by atoms with E-state index in [1.54, 1.807) is 0 Å². The predicted molar refractivity (Wildman–Crippen MR) is 67.0 cm³/mol. The van der Waals surface area contributed by atoms with Crippen LogP contribution in [0.3, 0.4) is 0 Å². The van der Waals surface area contributed by atoms with Crippen molar-refractivity contribution in [3.05, 3.63) is 36.6 Å². The van der Waals surface area contributed by atoms with E-state index in [2.05, 4.69) is 13.2 Å². The summed E-state index contributed by atoms with van der Waals surface area (Å²) in [5, 5.41) is 0. The molecule has 1 amide bonds. The van der Waals surface area contributed by atoms with Gasteiger partial charge in [0, 0.05) is 5.70 Å². The van der Waals surface area contributed by atoms with Crippen molar-refractivity contribution in [1.82, 2.24) is 0 Å². The number of amides is 1. The molecule has 1 aliphatic rings. The van der Waals surface area contributed by atoms with Crippen molar-refractivity contribution in [3.8, 4) is 0 Å². The molecule has 0 fully saturated rings. The monoisotopic (exact) mass is 248 g/mol. The van der Waals surface area contributed by atoms with E-state index in [1.807, 2.05) is 0 Å². The number of nitrogens with two attached hydrogens (primary N) is 2. The summed E-state index contributed by atoms with van der Waals surface area (Å²) in [6.07, 6.45) is 3.44. The van der Waals surface area contributed by atoms with E-state index in [0.717, 1.165) is 0 Å². The van der Waals surface area contributed by atoms with Crippen molar-refractivity contribution in [2.24, 2.45) is 23.3 Å². The molecule has 0 radical (unpaired) electrons. The first-order valence-electron chi connectivity index (χ1n) is 5.54. The van der Waals surface area contributed by atoms with Crippen LogP contribution in [-0.2, 0) is 14.4 Å². The smallest absolute Gasteiger partial charge is 0.254 e. The van der Waals surface area contributed by atoms with Crippen LogP contribution >= 0.6 is 0 Å². The highest BCUT2D eigenvalue weighted by Crippen LogP contribution is 2.30. The third-order valence-electron chi connectivity index (χ3n) is 2.97. The summed E-state index contributed by atoms with van der Waals surface area (Å²) in [7, 11) is 0. The lowest BCUT2D eigenvalue weighted by Gasteiger charge is -2.27. The number of carbonyl (C=O) groups excluding carboxylic acids is 3. The fourth-order valence-corrected chi connectivity index (χ4v) is 2.08. The highest BCUT2D eigenvalue weighted by Gasteiger charge is 2.42. The Labute approximate surface area is 105 Å². The van der Waals surface area contributed by atoms with E-state index in [1.165, 1.54) is 12.2 Å². The van der Waals surface area contributed by atoms with Crippen LogP contribution in [-0.4, -0.2) is 17.5 Å². The van der Waals surface area contributed by atoms with Gasteiger partial charge in [0.2, 0.25) is 0 Å². The molecule has 96 valence electrons. The standard InChI is InChI=1S/C13H16N2O3/c1-3-5-7-10(14)9(13(15)18)12(17)8(6-4-2)11(7)16/h3-4,7-8H,1-2,5-6,14H2,(H2,15,18). The van der Waals surface area contributed by atoms with Crippen molar-refractivity contribution >= 4 is 17.5 Å². The number of carbonyl (C=O) groups is 3. The van der Waals surface area contributed by atoms with Crippen LogP contribution in [0.1, 0.15) is 12.8 Å². The molecule has 2 atom stereocenters. The zero-order valence-corrected chi connectivity index (χ0v) is 10.0. The SMILES string of the molecule is C=CCC1C(=O)C(C(N)=O)=C(N)C(CC=C)C1=O. The molecule has 1 rings (SSSR count). The van der Waals surface area contributed by atoms with Gasteiger partial charge in [-0.25, -0.2) is 0 Å². The molecule has 0 saturated heterocycles. The van der Waals surface area contributed by atoms with Crippen LogP contribution in [0.2, 0.25) is 0 Å². The molecular weight excluding hydrogens is 232 g/mol. The van der Waals surface area contributed by atoms with E-state index in [9.17, 15) is 14.4 Å². The topological polar surface area (TPSA) is 103 Å². The second-order valence-corrected chi connectivity index (χ2v) is 4.12. The Morgan fingerprint density at radius 1 is 1.17 bits per heavy atom. The lowest BCUT2D eigenvalue weighted by atomic mass is 9.75. The Kier molecular flexibility index (Phi) is 4.20. The summed E-state index contributed by atoms with van der Waals surface area (Å²) in [5.41, 5.74) is 10.6. The summed E-state index contributed by atoms with van der Waals surface area (Å²) in [4.78, 5) is 35.4. The zero-order chi connectivity index (χ0) is 13.9. The second-order valence-electron chi connectivity index (χ2n) is 4.12. The van der Waals surface area contributed by atoms with Crippen molar-refractivity contribution in [1.29, 1.82) is 0 Å². The van der Waals surface area contributed by atoms with Gasteiger partial charge in [-0.2, -0.15) is 0 Å². The molecule has 0 heterocycles. The number of hydrogen-bond donors (Lipinski definition) is 2. The Morgan fingerprint density at radius 3 is 2.11 bits per heavy atom. The molecule has 5 nitrogen and oxygen atoms in total. The molecule has 0 aromatic carbocycles. The van der Waals surface area contributed by atoms with Crippen LogP contribution < -0.4 is 11.5 Å². The van der Waals surface area contributed by atoms with Gasteiger partial charge in [-0.3, -0.25) is 14.4 Å². The molecule has 0 spiro atoms. The van der Waals surface area contributed by atoms with Crippen molar-refractivity contribution < 1.29 is 14.4 Å². The number of primary amides is 1. The Hall–Kier alpha value is -2.17. The van der Waals surface area contributed by atoms with Gasteiger partial charge in [0.25, 0.3) is 5.91 Å². The maximum atomic E-state index is 12.1. The molecule has 1 aliphatic carbocycles. The van der Waals surface area contributed by atoms with Gasteiger partial charge in [0.15, 0.2) is 11.6 Å². The first-order chi connectivity index (χ1) is 8.45. The number of ketones is 2. The van der Waals surface area contributed by atoms with Gasteiger partial charge in [0.05, 0.1) is 11.8 Å². The van der Waals surface area contributed by atoms with Crippen LogP contribution in [0, 0.1) is 11.8 Å². The molecule has 0 aromatic rings. The van der Waals surface area contributed by atoms with Gasteiger partial charge >= 0.3 is 0 Å². The number of allylic oxidation sites excluding steroid dienone is 3. The summed E-state index contributed by atoms with van der Waals surface area (Å²) in [6.45, 7) is 7.03. The van der Waals surface area contributed by atoms with Crippen molar-refractivity contribution in [2.75, 3.05) is 0 Å². The zero-order valence-electron chi connectivity index (χ0n) is 10.0. The molecule has 5 heteroatoms. The fraction of sp³-hybridized carbons (Fsp3) is 0.308. The van der Waals surface area contributed by atoms with Crippen LogP contribution in [0.15, 0.2) is 36.6 Å². The summed E-state index contributed by atoms with van der Waals surface area (Å²) >= 11 is 0. The van der Waals surface area contributed by atoms with Crippen LogP contribution in [0.4, 0.5) is 0 Å². The largest absolute Gasteiger partial charge is 0.401 e. The third kappa shape index (κ3) is 2.25. The van der Waals surface area contributed by atoms with Crippen molar-refractivity contribution in [3.63, 3.8) is 0 Å². The minimum atomic E-state index is -0.915. The van der Waals surface area contributed by atoms with Crippen molar-refractivity contribution in [2.45, 2.75) is 12.8 Å². The van der Waals surface area contributed by atoms with Gasteiger partial charge in [-0.05, 0) is 12.8 Å². The predicted octanol–water partition coefficient (Wildman–Crippen LogP) is 0.221. The molecule has 2 unspecified atom stereocenters. The van der Waals surface area contributed by atoms with Crippen LogP contribution in [0.5, 0.6) is 0 Å². The van der Waals surface area contributed by atoms with Crippen LogP contribution in [0.25, 0.3) is 0 Å². The molecule has 0 aromatic heterocycles. The van der Waals surface area contributed by atoms with E-state index in [0.29, 0.717) is 0 Å².